The van der Waals surface area contributed by atoms with Crippen molar-refractivity contribution in [3.63, 3.8) is 0 Å². The van der Waals surface area contributed by atoms with Gasteiger partial charge in [0.15, 0.2) is 5.88 Å². The summed E-state index contributed by atoms with van der Waals surface area (Å²) in [5.74, 6) is 0.423. The molecule has 2 aromatic heterocycles. The summed E-state index contributed by atoms with van der Waals surface area (Å²) in [7, 11) is 1.83. The van der Waals surface area contributed by atoms with E-state index in [9.17, 15) is 4.79 Å². The molecule has 0 fully saturated rings. The minimum atomic E-state index is -1.06. The van der Waals surface area contributed by atoms with Crippen molar-refractivity contribution in [1.29, 1.82) is 0 Å². The molecule has 1 N–H and O–H groups in total. The second-order valence-corrected chi connectivity index (χ2v) is 3.82. The third-order valence-electron chi connectivity index (χ3n) is 2.45. The van der Waals surface area contributed by atoms with E-state index in [1.54, 1.807) is 6.07 Å². The summed E-state index contributed by atoms with van der Waals surface area (Å²) >= 11 is 0. The van der Waals surface area contributed by atoms with Crippen molar-refractivity contribution in [2.45, 2.75) is 13.5 Å². The molecule has 90 valence electrons. The third-order valence-corrected chi connectivity index (χ3v) is 2.45. The molecule has 0 aliphatic rings. The summed E-state index contributed by atoms with van der Waals surface area (Å²) in [6.45, 7) is 2.28. The number of furan rings is 2. The lowest BCUT2D eigenvalue weighted by molar-refractivity contribution is 0.0661. The third kappa shape index (κ3) is 2.33. The SMILES string of the molecule is Cc1ccc(N(C)Cc2ccoc2C(=O)O)o1. The molecule has 5 heteroatoms. The van der Waals surface area contributed by atoms with Crippen molar-refractivity contribution in [2.75, 3.05) is 11.9 Å². The molecule has 0 saturated heterocycles. The molecule has 17 heavy (non-hydrogen) atoms. The second kappa shape index (κ2) is 4.37. The predicted molar refractivity (Wildman–Crippen MR) is 61.2 cm³/mol. The van der Waals surface area contributed by atoms with Crippen LogP contribution in [0.25, 0.3) is 0 Å². The van der Waals surface area contributed by atoms with E-state index < -0.39 is 5.97 Å². The Morgan fingerprint density at radius 2 is 2.18 bits per heavy atom. The predicted octanol–water partition coefficient (Wildman–Crippen LogP) is 2.52. The van der Waals surface area contributed by atoms with E-state index in [4.69, 9.17) is 13.9 Å². The molecule has 0 spiro atoms. The van der Waals surface area contributed by atoms with Crippen molar-refractivity contribution in [1.82, 2.24) is 0 Å². The Kier molecular flexibility index (Phi) is 2.91. The average molecular weight is 235 g/mol. The summed E-state index contributed by atoms with van der Waals surface area (Å²) in [5.41, 5.74) is 0.619. The van der Waals surface area contributed by atoms with Gasteiger partial charge < -0.3 is 18.8 Å². The molecule has 2 heterocycles. The van der Waals surface area contributed by atoms with Gasteiger partial charge in [-0.2, -0.15) is 0 Å². The van der Waals surface area contributed by atoms with Gasteiger partial charge in [0.05, 0.1) is 6.26 Å². The number of nitrogens with zero attached hydrogens (tertiary/aromatic N) is 1. The van der Waals surface area contributed by atoms with Gasteiger partial charge in [-0.05, 0) is 19.1 Å². The number of anilines is 1. The molecule has 2 rings (SSSR count). The van der Waals surface area contributed by atoms with E-state index >= 15 is 0 Å². The lowest BCUT2D eigenvalue weighted by Crippen LogP contribution is -2.16. The van der Waals surface area contributed by atoms with Gasteiger partial charge >= 0.3 is 5.97 Å². The minimum Gasteiger partial charge on any atom is -0.475 e. The Morgan fingerprint density at radius 3 is 2.76 bits per heavy atom. The molecule has 0 aliphatic heterocycles. The van der Waals surface area contributed by atoms with Crippen LogP contribution in [-0.4, -0.2) is 18.1 Å². The summed E-state index contributed by atoms with van der Waals surface area (Å²) in [6.07, 6.45) is 1.38. The van der Waals surface area contributed by atoms with E-state index in [1.807, 2.05) is 31.0 Å². The Bertz CT molecular complexity index is 526. The van der Waals surface area contributed by atoms with E-state index in [0.717, 1.165) is 5.76 Å². The summed E-state index contributed by atoms with van der Waals surface area (Å²) < 4.78 is 10.4. The molecule has 0 amide bonds. The maximum atomic E-state index is 10.9. The first-order chi connectivity index (χ1) is 8.08. The molecular formula is C12H13NO4. The molecule has 0 saturated carbocycles. The van der Waals surface area contributed by atoms with Crippen LogP contribution in [0.4, 0.5) is 5.88 Å². The zero-order valence-corrected chi connectivity index (χ0v) is 9.64. The molecular weight excluding hydrogens is 222 g/mol. The van der Waals surface area contributed by atoms with Gasteiger partial charge in [-0.15, -0.1) is 0 Å². The van der Waals surface area contributed by atoms with Gasteiger partial charge in [0, 0.05) is 25.2 Å². The van der Waals surface area contributed by atoms with Gasteiger partial charge in [0.2, 0.25) is 5.76 Å². The first-order valence-corrected chi connectivity index (χ1v) is 5.15. The topological polar surface area (TPSA) is 66.8 Å². The number of carboxylic acid groups (broad SMARTS) is 1. The monoisotopic (exact) mass is 235 g/mol. The lowest BCUT2D eigenvalue weighted by Gasteiger charge is -2.14. The maximum Gasteiger partial charge on any atom is 0.372 e. The van der Waals surface area contributed by atoms with Gasteiger partial charge in [0.1, 0.15) is 5.76 Å². The molecule has 0 unspecified atom stereocenters. The highest BCUT2D eigenvalue weighted by Gasteiger charge is 2.16. The van der Waals surface area contributed by atoms with Crippen LogP contribution >= 0.6 is 0 Å². The fourth-order valence-corrected chi connectivity index (χ4v) is 1.61. The summed E-state index contributed by atoms with van der Waals surface area (Å²) in [6, 6.07) is 5.35. The molecule has 0 aliphatic carbocycles. The van der Waals surface area contributed by atoms with Crippen molar-refractivity contribution >= 4 is 11.9 Å². The Labute approximate surface area is 98.3 Å². The Hall–Kier alpha value is -2.17. The lowest BCUT2D eigenvalue weighted by atomic mass is 10.2. The number of carbonyl (C=O) groups is 1. The molecule has 0 atom stereocenters. The van der Waals surface area contributed by atoms with Crippen LogP contribution in [0.15, 0.2) is 33.3 Å². The maximum absolute atomic E-state index is 10.9. The van der Waals surface area contributed by atoms with Gasteiger partial charge in [-0.25, -0.2) is 4.79 Å². The standard InChI is InChI=1S/C12H13NO4/c1-8-3-4-10(17-8)13(2)7-9-5-6-16-11(9)12(14)15/h3-6H,7H2,1-2H3,(H,14,15). The highest BCUT2D eigenvalue weighted by molar-refractivity contribution is 5.86. The van der Waals surface area contributed by atoms with Crippen molar-refractivity contribution in [3.05, 3.63) is 41.5 Å². The van der Waals surface area contributed by atoms with Crippen LogP contribution in [0.2, 0.25) is 0 Å². The number of hydrogen-bond donors (Lipinski definition) is 1. The first-order valence-electron chi connectivity index (χ1n) is 5.15. The molecule has 0 bridgehead atoms. The minimum absolute atomic E-state index is 0.0277. The Morgan fingerprint density at radius 1 is 1.41 bits per heavy atom. The smallest absolute Gasteiger partial charge is 0.372 e. The zero-order valence-electron chi connectivity index (χ0n) is 9.64. The van der Waals surface area contributed by atoms with Crippen LogP contribution in [0.1, 0.15) is 21.9 Å². The second-order valence-electron chi connectivity index (χ2n) is 3.82. The fraction of sp³-hybridized carbons (Fsp3) is 0.250. The highest BCUT2D eigenvalue weighted by atomic mass is 16.4. The number of carboxylic acids is 1. The first kappa shape index (κ1) is 11.3. The van der Waals surface area contributed by atoms with Gasteiger partial charge in [0.25, 0.3) is 0 Å². The average Bonchev–Trinajstić information content (AvgIpc) is 2.86. The quantitative estimate of drug-likeness (QED) is 0.881. The van der Waals surface area contributed by atoms with Crippen LogP contribution in [0.5, 0.6) is 0 Å². The van der Waals surface area contributed by atoms with Crippen LogP contribution in [-0.2, 0) is 6.54 Å². The largest absolute Gasteiger partial charge is 0.475 e. The number of hydrogen-bond acceptors (Lipinski definition) is 4. The van der Waals surface area contributed by atoms with Gasteiger partial charge in [-0.1, -0.05) is 0 Å². The molecule has 0 aromatic carbocycles. The van der Waals surface area contributed by atoms with Crippen LogP contribution in [0.3, 0.4) is 0 Å². The van der Waals surface area contributed by atoms with Crippen molar-refractivity contribution < 1.29 is 18.7 Å². The van der Waals surface area contributed by atoms with E-state index in [0.29, 0.717) is 18.0 Å². The Balaban J connectivity index is 2.15. The number of aryl methyl sites for hydroxylation is 1. The van der Waals surface area contributed by atoms with Crippen LogP contribution in [0, 0.1) is 6.92 Å². The summed E-state index contributed by atoms with van der Waals surface area (Å²) in [4.78, 5) is 12.7. The number of rotatable bonds is 4. The van der Waals surface area contributed by atoms with E-state index in [2.05, 4.69) is 0 Å². The molecule has 2 aromatic rings. The van der Waals surface area contributed by atoms with Crippen molar-refractivity contribution in [2.24, 2.45) is 0 Å². The fourth-order valence-electron chi connectivity index (χ4n) is 1.61. The molecule has 0 radical (unpaired) electrons. The number of aromatic carboxylic acids is 1. The normalized spacial score (nSPS) is 10.5. The van der Waals surface area contributed by atoms with E-state index in [-0.39, 0.29) is 5.76 Å². The zero-order chi connectivity index (χ0) is 12.4. The van der Waals surface area contributed by atoms with Crippen LogP contribution < -0.4 is 4.90 Å². The molecule has 5 nitrogen and oxygen atoms in total. The van der Waals surface area contributed by atoms with E-state index in [1.165, 1.54) is 6.26 Å². The van der Waals surface area contributed by atoms with Gasteiger partial charge in [-0.3, -0.25) is 0 Å². The van der Waals surface area contributed by atoms with Crippen molar-refractivity contribution in [3.8, 4) is 0 Å². The summed E-state index contributed by atoms with van der Waals surface area (Å²) in [5, 5.41) is 8.91. The highest BCUT2D eigenvalue weighted by Crippen LogP contribution is 2.20.